The minimum Gasteiger partial charge on any atom is -0.450 e. The van der Waals surface area contributed by atoms with Crippen molar-refractivity contribution in [1.29, 1.82) is 0 Å². The monoisotopic (exact) mass is 435 g/mol. The Labute approximate surface area is 185 Å². The molecule has 1 fully saturated rings. The maximum Gasteiger partial charge on any atom is 0.407 e. The van der Waals surface area contributed by atoms with Crippen LogP contribution in [0.25, 0.3) is 0 Å². The number of hydrogen-bond donors (Lipinski definition) is 1. The van der Waals surface area contributed by atoms with E-state index in [1.54, 1.807) is 0 Å². The molecule has 0 radical (unpaired) electrons. The number of carbonyl (C=O) groups is 1. The summed E-state index contributed by atoms with van der Waals surface area (Å²) in [7, 11) is 0. The molecule has 166 valence electrons. The fourth-order valence-electron chi connectivity index (χ4n) is 3.89. The number of hydrogen-bond acceptors (Lipinski definition) is 6. The van der Waals surface area contributed by atoms with Crippen molar-refractivity contribution in [3.05, 3.63) is 40.4 Å². The van der Waals surface area contributed by atoms with Crippen LogP contribution in [0.1, 0.15) is 39.7 Å². The van der Waals surface area contributed by atoms with Gasteiger partial charge >= 0.3 is 6.09 Å². The molecule has 2 aliphatic heterocycles. The van der Waals surface area contributed by atoms with Crippen molar-refractivity contribution in [2.75, 3.05) is 46.0 Å². The maximum atomic E-state index is 11.8. The van der Waals surface area contributed by atoms with Crippen LogP contribution in [0, 0.1) is 5.41 Å². The van der Waals surface area contributed by atoms with Crippen LogP contribution in [-0.4, -0.2) is 71.8 Å². The Morgan fingerprint density at radius 3 is 2.80 bits per heavy atom. The summed E-state index contributed by atoms with van der Waals surface area (Å²) >= 11 is 5.90. The minimum absolute atomic E-state index is 0.0576. The lowest BCUT2D eigenvalue weighted by molar-refractivity contribution is 0.119. The molecule has 0 aliphatic carbocycles. The van der Waals surface area contributed by atoms with Crippen LogP contribution >= 0.6 is 11.6 Å². The predicted molar refractivity (Wildman–Crippen MR) is 119 cm³/mol. The Balaban J connectivity index is 1.43. The summed E-state index contributed by atoms with van der Waals surface area (Å²) in [6, 6.07) is 3.89. The van der Waals surface area contributed by atoms with E-state index in [0.717, 1.165) is 45.8 Å². The number of pyridine rings is 1. The number of aromatic nitrogens is 1. The summed E-state index contributed by atoms with van der Waals surface area (Å²) in [6.45, 7) is 15.2. The fraction of sp³-hybridized carbons (Fsp3) is 0.636. The minimum atomic E-state index is -0.325. The summed E-state index contributed by atoms with van der Waals surface area (Å²) in [6.07, 6.45) is 2.36. The summed E-state index contributed by atoms with van der Waals surface area (Å²) < 4.78 is 5.31. The Morgan fingerprint density at radius 2 is 2.10 bits per heavy atom. The number of ether oxygens (including phenoxy) is 1. The van der Waals surface area contributed by atoms with Gasteiger partial charge in [-0.15, -0.1) is 0 Å². The highest BCUT2D eigenvalue weighted by Crippen LogP contribution is 2.28. The molecule has 8 heteroatoms. The van der Waals surface area contributed by atoms with E-state index in [-0.39, 0.29) is 11.5 Å². The first-order chi connectivity index (χ1) is 14.2. The van der Waals surface area contributed by atoms with Crippen molar-refractivity contribution in [1.82, 2.24) is 25.0 Å². The number of nitrogens with one attached hydrogen (secondary N) is 1. The van der Waals surface area contributed by atoms with Crippen molar-refractivity contribution in [2.24, 2.45) is 5.41 Å². The topological polar surface area (TPSA) is 60.9 Å². The molecule has 1 aromatic heterocycles. The Morgan fingerprint density at radius 1 is 1.30 bits per heavy atom. The molecule has 3 rings (SSSR count). The summed E-state index contributed by atoms with van der Waals surface area (Å²) in [4.78, 5) is 23.3. The zero-order valence-electron chi connectivity index (χ0n) is 18.6. The molecular weight excluding hydrogens is 402 g/mol. The third kappa shape index (κ3) is 6.51. The van der Waals surface area contributed by atoms with Crippen molar-refractivity contribution in [3.8, 4) is 0 Å². The summed E-state index contributed by atoms with van der Waals surface area (Å²) in [5.41, 5.74) is 2.61. The van der Waals surface area contributed by atoms with Crippen molar-refractivity contribution >= 4 is 17.7 Å². The van der Waals surface area contributed by atoms with Crippen LogP contribution in [0.15, 0.2) is 29.7 Å². The van der Waals surface area contributed by atoms with Crippen LogP contribution < -0.4 is 5.32 Å². The van der Waals surface area contributed by atoms with E-state index in [1.807, 2.05) is 18.3 Å². The Hall–Kier alpha value is -1.99. The van der Waals surface area contributed by atoms with Gasteiger partial charge in [-0.05, 0) is 36.0 Å². The molecule has 0 spiro atoms. The lowest BCUT2D eigenvalue weighted by atomic mass is 9.97. The van der Waals surface area contributed by atoms with Crippen LogP contribution in [0.4, 0.5) is 4.79 Å². The smallest absolute Gasteiger partial charge is 0.407 e. The van der Waals surface area contributed by atoms with Crippen molar-refractivity contribution < 1.29 is 9.53 Å². The zero-order valence-corrected chi connectivity index (χ0v) is 19.3. The van der Waals surface area contributed by atoms with Gasteiger partial charge in [0.1, 0.15) is 11.0 Å². The van der Waals surface area contributed by atoms with Gasteiger partial charge in [-0.3, -0.25) is 4.90 Å². The molecule has 30 heavy (non-hydrogen) atoms. The highest BCUT2D eigenvalue weighted by molar-refractivity contribution is 6.29. The third-order valence-corrected chi connectivity index (χ3v) is 5.45. The molecule has 0 atom stereocenters. The second kappa shape index (κ2) is 9.88. The molecule has 3 heterocycles. The second-order valence-electron chi connectivity index (χ2n) is 9.38. The number of rotatable bonds is 7. The van der Waals surface area contributed by atoms with E-state index in [9.17, 15) is 4.79 Å². The summed E-state index contributed by atoms with van der Waals surface area (Å²) in [5, 5.41) is 3.35. The number of fused-ring (bicyclic) bond motifs is 1. The standard InChI is InChI=1S/C22H34ClN5O2/c1-17-13-26(8-5-11-30-21(29)25-15-22(2,3)4)16-28-10-9-27(20(17)28)14-18-6-7-19(23)24-12-18/h6-7,12H,5,8-11,13-16H2,1-4H3,(H,25,29). The summed E-state index contributed by atoms with van der Waals surface area (Å²) in [5.74, 6) is 1.35. The number of nitrogens with zero attached hydrogens (tertiary/aromatic N) is 4. The highest BCUT2D eigenvalue weighted by Gasteiger charge is 2.31. The molecule has 7 nitrogen and oxygen atoms in total. The number of alkyl carbamates (subject to hydrolysis) is 1. The quantitative estimate of drug-likeness (QED) is 0.522. The van der Waals surface area contributed by atoms with Gasteiger partial charge < -0.3 is 19.9 Å². The highest BCUT2D eigenvalue weighted by atomic mass is 35.5. The van der Waals surface area contributed by atoms with Crippen LogP contribution in [0.3, 0.4) is 0 Å². The number of halogens is 1. The van der Waals surface area contributed by atoms with Crippen LogP contribution in [0.5, 0.6) is 0 Å². The largest absolute Gasteiger partial charge is 0.450 e. The van der Waals surface area contributed by atoms with Gasteiger partial charge in [-0.1, -0.05) is 38.4 Å². The van der Waals surface area contributed by atoms with Gasteiger partial charge in [0.2, 0.25) is 0 Å². The van der Waals surface area contributed by atoms with E-state index in [2.05, 4.69) is 52.7 Å². The second-order valence-corrected chi connectivity index (χ2v) is 9.76. The first-order valence-corrected chi connectivity index (χ1v) is 11.0. The molecule has 0 unspecified atom stereocenters. The van der Waals surface area contributed by atoms with Gasteiger partial charge in [0.05, 0.1) is 13.3 Å². The normalized spacial score (nSPS) is 17.4. The fourth-order valence-corrected chi connectivity index (χ4v) is 4.01. The van der Waals surface area contributed by atoms with Crippen molar-refractivity contribution in [2.45, 2.75) is 40.7 Å². The van der Waals surface area contributed by atoms with Gasteiger partial charge in [-0.2, -0.15) is 0 Å². The van der Waals surface area contributed by atoms with Gasteiger partial charge in [0.25, 0.3) is 0 Å². The molecular formula is C22H34ClN5O2. The van der Waals surface area contributed by atoms with Crippen LogP contribution in [0.2, 0.25) is 5.15 Å². The van der Waals surface area contributed by atoms with Gasteiger partial charge in [-0.25, -0.2) is 9.78 Å². The Bertz CT molecular complexity index is 760. The van der Waals surface area contributed by atoms with Crippen molar-refractivity contribution in [3.63, 3.8) is 0 Å². The molecule has 0 aromatic carbocycles. The molecule has 1 amide bonds. The number of carbonyl (C=O) groups excluding carboxylic acids is 1. The first-order valence-electron chi connectivity index (χ1n) is 10.6. The molecule has 1 saturated heterocycles. The first kappa shape index (κ1) is 22.7. The van der Waals surface area contributed by atoms with E-state index in [4.69, 9.17) is 16.3 Å². The molecule has 1 N–H and O–H groups in total. The zero-order chi connectivity index (χ0) is 21.7. The van der Waals surface area contributed by atoms with E-state index >= 15 is 0 Å². The van der Waals surface area contributed by atoms with Gasteiger partial charge in [0, 0.05) is 45.5 Å². The molecule has 0 saturated carbocycles. The SMILES string of the molecule is CC1=C2N(Cc3ccc(Cl)nc3)CCN2CN(CCCOC(=O)NCC(C)(C)C)C1. The number of amides is 1. The molecule has 1 aromatic rings. The molecule has 0 bridgehead atoms. The molecule has 2 aliphatic rings. The van der Waals surface area contributed by atoms with E-state index in [1.165, 1.54) is 17.0 Å². The maximum absolute atomic E-state index is 11.8. The average Bonchev–Trinajstić information content (AvgIpc) is 3.08. The van der Waals surface area contributed by atoms with Crippen LogP contribution in [-0.2, 0) is 11.3 Å². The van der Waals surface area contributed by atoms with E-state index in [0.29, 0.717) is 18.3 Å². The predicted octanol–water partition coefficient (Wildman–Crippen LogP) is 3.52. The lowest BCUT2D eigenvalue weighted by Gasteiger charge is -2.37. The third-order valence-electron chi connectivity index (χ3n) is 5.23. The lowest BCUT2D eigenvalue weighted by Crippen LogP contribution is -2.43. The van der Waals surface area contributed by atoms with Gasteiger partial charge in [0.15, 0.2) is 0 Å². The van der Waals surface area contributed by atoms with E-state index < -0.39 is 0 Å². The average molecular weight is 436 g/mol. The Kier molecular flexibility index (Phi) is 7.47.